The lowest BCUT2D eigenvalue weighted by molar-refractivity contribution is -0.351. The van der Waals surface area contributed by atoms with Crippen molar-refractivity contribution in [3.05, 3.63) is 11.1 Å². The summed E-state index contributed by atoms with van der Waals surface area (Å²) in [5, 5.41) is 11.2. The molecule has 0 aromatic rings. The summed E-state index contributed by atoms with van der Waals surface area (Å²) in [7, 11) is 6.26. The molecule has 0 aromatic carbocycles. The van der Waals surface area contributed by atoms with E-state index in [0.29, 0.717) is 17.6 Å². The molecular weight excluding hydrogens is 456 g/mol. The van der Waals surface area contributed by atoms with Crippen molar-refractivity contribution in [2.24, 2.45) is 16.7 Å². The molecule has 1 aliphatic heterocycles. The highest BCUT2D eigenvalue weighted by Crippen LogP contribution is 2.65. The average Bonchev–Trinajstić information content (AvgIpc) is 2.79. The standard InChI is InChI=1S/C26H40O9/c1-13-15(28)11-26(33-9)22(32-8)20-24(5,21(29)19(31-7)18(13)23(26,3)4)16(30-6)10-17-25(20,12-34-17)35-14(2)27/h15-17,19-20,22,28H,10-12H2,1-9H3/t15?,16?,17?,19?,20?,22?,24-,25?,26?/m1/s1. The van der Waals surface area contributed by atoms with Crippen molar-refractivity contribution in [1.82, 2.24) is 0 Å². The number of fused-ring (bicyclic) bond motifs is 5. The van der Waals surface area contributed by atoms with Gasteiger partial charge in [0, 0.05) is 59.5 Å². The van der Waals surface area contributed by atoms with Gasteiger partial charge in [0.25, 0.3) is 0 Å². The van der Waals surface area contributed by atoms with Crippen LogP contribution < -0.4 is 0 Å². The fourth-order valence-corrected chi connectivity index (χ4v) is 8.01. The Balaban J connectivity index is 2.11. The summed E-state index contributed by atoms with van der Waals surface area (Å²) < 4.78 is 36.5. The maximum Gasteiger partial charge on any atom is 0.303 e. The Hall–Kier alpha value is -1.36. The van der Waals surface area contributed by atoms with Gasteiger partial charge < -0.3 is 33.5 Å². The number of hydrogen-bond acceptors (Lipinski definition) is 9. The molecule has 1 N–H and O–H groups in total. The maximum absolute atomic E-state index is 14.7. The number of esters is 1. The van der Waals surface area contributed by atoms with Crippen LogP contribution in [0.2, 0.25) is 0 Å². The van der Waals surface area contributed by atoms with Gasteiger partial charge in [0.2, 0.25) is 0 Å². The Morgan fingerprint density at radius 3 is 2.20 bits per heavy atom. The van der Waals surface area contributed by atoms with E-state index >= 15 is 0 Å². The molecule has 9 atom stereocenters. The number of hydrogen-bond donors (Lipinski definition) is 1. The minimum absolute atomic E-state index is 0.128. The molecule has 0 amide bonds. The number of aliphatic hydroxyl groups is 1. The van der Waals surface area contributed by atoms with E-state index in [1.165, 1.54) is 14.0 Å². The zero-order valence-electron chi connectivity index (χ0n) is 22.3. The summed E-state index contributed by atoms with van der Waals surface area (Å²) in [6, 6.07) is 0. The molecule has 4 aliphatic rings. The van der Waals surface area contributed by atoms with Crippen LogP contribution in [0.25, 0.3) is 0 Å². The number of carbonyl (C=O) groups is 2. The van der Waals surface area contributed by atoms with Gasteiger partial charge in [-0.25, -0.2) is 0 Å². The Morgan fingerprint density at radius 1 is 1.09 bits per heavy atom. The second kappa shape index (κ2) is 8.60. The average molecular weight is 497 g/mol. The van der Waals surface area contributed by atoms with Crippen LogP contribution in [-0.2, 0) is 38.0 Å². The van der Waals surface area contributed by atoms with Crippen molar-refractivity contribution < 1.29 is 43.1 Å². The van der Waals surface area contributed by atoms with Gasteiger partial charge in [-0.1, -0.05) is 13.8 Å². The molecule has 3 fully saturated rings. The molecule has 4 rings (SSSR count). The van der Waals surface area contributed by atoms with E-state index in [1.54, 1.807) is 21.3 Å². The number of rotatable bonds is 5. The molecule has 2 saturated carbocycles. The lowest BCUT2D eigenvalue weighted by atomic mass is 9.44. The fourth-order valence-electron chi connectivity index (χ4n) is 8.01. The van der Waals surface area contributed by atoms with Crippen molar-refractivity contribution in [3.63, 3.8) is 0 Å². The van der Waals surface area contributed by atoms with Gasteiger partial charge in [-0.15, -0.1) is 0 Å². The lowest BCUT2D eigenvalue weighted by Gasteiger charge is -2.68. The summed E-state index contributed by atoms with van der Waals surface area (Å²) in [5.41, 5.74) is -2.77. The minimum atomic E-state index is -1.18. The zero-order chi connectivity index (χ0) is 26.1. The van der Waals surface area contributed by atoms with Crippen LogP contribution >= 0.6 is 0 Å². The van der Waals surface area contributed by atoms with Crippen LogP contribution in [0.1, 0.15) is 47.5 Å². The third-order valence-electron chi connectivity index (χ3n) is 9.74. The Kier molecular flexibility index (Phi) is 6.56. The van der Waals surface area contributed by atoms with Gasteiger partial charge in [0.05, 0.1) is 30.3 Å². The van der Waals surface area contributed by atoms with Crippen LogP contribution in [0.5, 0.6) is 0 Å². The van der Waals surface area contributed by atoms with Gasteiger partial charge in [0.15, 0.2) is 11.4 Å². The molecule has 0 aromatic heterocycles. The summed E-state index contributed by atoms with van der Waals surface area (Å²) in [4.78, 5) is 27.1. The number of carbonyl (C=O) groups excluding carboxylic acids is 2. The van der Waals surface area contributed by atoms with Gasteiger partial charge in [-0.05, 0) is 25.0 Å². The number of ether oxygens (including phenoxy) is 6. The SMILES string of the molecule is COC1C(=O)[C@]2(C)C(OC)CC3OCC3(OC(C)=O)C2C(OC)C2(OC)CC(O)C(C)=C1C2(C)C. The second-order valence-corrected chi connectivity index (χ2v) is 11.2. The Morgan fingerprint density at radius 2 is 1.74 bits per heavy atom. The van der Waals surface area contributed by atoms with E-state index in [-0.39, 0.29) is 18.8 Å². The molecule has 0 radical (unpaired) electrons. The van der Waals surface area contributed by atoms with Crippen molar-refractivity contribution in [2.75, 3.05) is 35.0 Å². The number of aliphatic hydroxyl groups excluding tert-OH is 1. The molecule has 35 heavy (non-hydrogen) atoms. The first-order valence-electron chi connectivity index (χ1n) is 12.2. The van der Waals surface area contributed by atoms with Crippen molar-refractivity contribution >= 4 is 11.8 Å². The molecule has 3 aliphatic carbocycles. The van der Waals surface area contributed by atoms with Crippen LogP contribution in [0.4, 0.5) is 0 Å². The van der Waals surface area contributed by atoms with Gasteiger partial charge in [-0.2, -0.15) is 0 Å². The first-order valence-corrected chi connectivity index (χ1v) is 12.2. The summed E-state index contributed by atoms with van der Waals surface area (Å²) in [5.74, 6) is -1.36. The number of Topliss-reactive ketones (excluding diaryl/α,β-unsaturated/α-hetero) is 1. The minimum Gasteiger partial charge on any atom is -0.454 e. The predicted molar refractivity (Wildman–Crippen MR) is 125 cm³/mol. The largest absolute Gasteiger partial charge is 0.454 e. The first kappa shape index (κ1) is 26.7. The Labute approximate surface area is 207 Å². The van der Waals surface area contributed by atoms with E-state index in [0.717, 1.165) is 0 Å². The van der Waals surface area contributed by atoms with Gasteiger partial charge in [0.1, 0.15) is 17.8 Å². The molecule has 1 saturated heterocycles. The van der Waals surface area contributed by atoms with E-state index in [9.17, 15) is 14.7 Å². The summed E-state index contributed by atoms with van der Waals surface area (Å²) in [6.07, 6.45) is -2.99. The van der Waals surface area contributed by atoms with Crippen molar-refractivity contribution in [3.8, 4) is 0 Å². The van der Waals surface area contributed by atoms with Crippen LogP contribution in [0, 0.1) is 16.7 Å². The van der Waals surface area contributed by atoms with Crippen molar-refractivity contribution in [2.45, 2.75) is 89.2 Å². The van der Waals surface area contributed by atoms with Crippen LogP contribution in [0.3, 0.4) is 0 Å². The molecule has 9 nitrogen and oxygen atoms in total. The molecule has 8 unspecified atom stereocenters. The molecule has 0 spiro atoms. The highest BCUT2D eigenvalue weighted by Gasteiger charge is 2.77. The summed E-state index contributed by atoms with van der Waals surface area (Å²) in [6.45, 7) is 9.19. The van der Waals surface area contributed by atoms with Gasteiger partial charge in [-0.3, -0.25) is 9.59 Å². The van der Waals surface area contributed by atoms with E-state index in [4.69, 9.17) is 28.4 Å². The monoisotopic (exact) mass is 496 g/mol. The highest BCUT2D eigenvalue weighted by atomic mass is 16.6. The number of methoxy groups -OCH3 is 4. The molecule has 9 heteroatoms. The van der Waals surface area contributed by atoms with E-state index < -0.39 is 64.4 Å². The third-order valence-corrected chi connectivity index (χ3v) is 9.74. The molecule has 2 bridgehead atoms. The van der Waals surface area contributed by atoms with Crippen molar-refractivity contribution in [1.29, 1.82) is 0 Å². The fraction of sp³-hybridized carbons (Fsp3) is 0.846. The quantitative estimate of drug-likeness (QED) is 0.450. The van der Waals surface area contributed by atoms with Gasteiger partial charge >= 0.3 is 5.97 Å². The van der Waals surface area contributed by atoms with Crippen LogP contribution in [-0.4, -0.2) is 93.6 Å². The highest BCUT2D eigenvalue weighted by molar-refractivity contribution is 5.93. The van der Waals surface area contributed by atoms with E-state index in [2.05, 4.69) is 0 Å². The lowest BCUT2D eigenvalue weighted by Crippen LogP contribution is -2.82. The smallest absolute Gasteiger partial charge is 0.303 e. The summed E-state index contributed by atoms with van der Waals surface area (Å²) >= 11 is 0. The maximum atomic E-state index is 14.7. The molecule has 1 heterocycles. The normalized spacial score (nSPS) is 46.6. The zero-order valence-corrected chi connectivity index (χ0v) is 22.3. The Bertz CT molecular complexity index is 928. The van der Waals surface area contributed by atoms with Crippen LogP contribution in [0.15, 0.2) is 11.1 Å². The predicted octanol–water partition coefficient (Wildman–Crippen LogP) is 1.83. The topological polar surface area (TPSA) is 110 Å². The second-order valence-electron chi connectivity index (χ2n) is 11.2. The third kappa shape index (κ3) is 3.15. The molecular formula is C26H40O9. The first-order chi connectivity index (χ1) is 16.3. The van der Waals surface area contributed by atoms with E-state index in [1.807, 2.05) is 27.7 Å². The number of ketones is 1. The molecule has 198 valence electrons.